The van der Waals surface area contributed by atoms with Crippen LogP contribution in [0.1, 0.15) is 181 Å². The molecular weight excluding hydrogens is 561 g/mol. The molecule has 256 valence electrons. The van der Waals surface area contributed by atoms with Gasteiger partial charge in [-0.05, 0) is 19.3 Å². The van der Waals surface area contributed by atoms with Gasteiger partial charge in [0.15, 0.2) is 23.2 Å². The van der Waals surface area contributed by atoms with Gasteiger partial charge in [0.25, 0.3) is 7.82 Å². The van der Waals surface area contributed by atoms with Gasteiger partial charge in [-0.2, -0.15) is 0 Å². The maximum atomic E-state index is 13.7. The molecule has 1 N–H and O–H groups in total. The number of quaternary nitrogens is 1. The highest BCUT2D eigenvalue weighted by atomic mass is 31.2. The van der Waals surface area contributed by atoms with E-state index in [1.54, 1.807) is 28.1 Å². The Hall–Kier alpha value is -0.590. The number of Topliss-reactive ketones (excluding diaryl/α,β-unsaturated/α-hetero) is 2. The van der Waals surface area contributed by atoms with Gasteiger partial charge in [0, 0.05) is 12.8 Å². The van der Waals surface area contributed by atoms with Gasteiger partial charge in [0.1, 0.15) is 0 Å². The zero-order valence-electron chi connectivity index (χ0n) is 29.1. The lowest BCUT2D eigenvalue weighted by Gasteiger charge is -2.46. The third kappa shape index (κ3) is 20.2. The molecule has 0 fully saturated rings. The zero-order chi connectivity index (χ0) is 32.6. The predicted octanol–water partition coefficient (Wildman–Crippen LogP) is 9.23. The Bertz CT molecular complexity index is 762. The van der Waals surface area contributed by atoms with Crippen LogP contribution in [-0.4, -0.2) is 53.7 Å². The molecule has 0 aromatic carbocycles. The van der Waals surface area contributed by atoms with Crippen LogP contribution in [0.2, 0.25) is 0 Å². The second-order valence-electron chi connectivity index (χ2n) is 13.8. The van der Waals surface area contributed by atoms with E-state index in [4.69, 9.17) is 4.52 Å². The van der Waals surface area contributed by atoms with E-state index in [0.29, 0.717) is 12.8 Å². The number of phosphoric ester groups is 1. The number of likely N-dealkylation sites (N-methyl/N-ethyl adjacent to an activating group) is 1. The normalized spacial score (nSPS) is 15.6. The Morgan fingerprint density at radius 1 is 0.651 bits per heavy atom. The van der Waals surface area contributed by atoms with Crippen molar-refractivity contribution < 1.29 is 32.9 Å². The molecule has 0 heterocycles. The molecule has 0 spiro atoms. The minimum Gasteiger partial charge on any atom is -0.756 e. The highest BCUT2D eigenvalue weighted by Crippen LogP contribution is 2.44. The molecule has 0 radical (unpaired) electrons. The molecule has 0 saturated heterocycles. The number of nitrogens with zero attached hydrogens (tertiary/aromatic N) is 1. The molecule has 8 heteroatoms. The quantitative estimate of drug-likeness (QED) is 0.0465. The molecule has 7 nitrogen and oxygen atoms in total. The summed E-state index contributed by atoms with van der Waals surface area (Å²) in [5.41, 5.74) is -1.91. The SMILES string of the molecule is CCCCCCCCCCCCCC(=O)C(C(CC)(OP(=O)([O-])O)C(=O)CCCCCCCCCCCCC)[N+](C)(C)C. The Morgan fingerprint density at radius 2 is 0.977 bits per heavy atom. The van der Waals surface area contributed by atoms with E-state index < -0.39 is 25.2 Å². The standard InChI is InChI=1S/C35H70NO6P/c1-7-10-12-14-16-18-20-22-24-26-28-30-32(37)34(36(4,5)6)35(9-3,42-43(39,40)41)33(38)31-29-27-25-23-21-19-17-15-13-11-8-2/h34H,7-31H2,1-6H3,(H-,39,40,41). The van der Waals surface area contributed by atoms with E-state index in [1.807, 2.05) is 0 Å². The number of hydrogen-bond acceptors (Lipinski definition) is 5. The van der Waals surface area contributed by atoms with E-state index in [0.717, 1.165) is 38.5 Å². The van der Waals surface area contributed by atoms with Crippen LogP contribution in [0.4, 0.5) is 0 Å². The van der Waals surface area contributed by atoms with Crippen molar-refractivity contribution in [1.82, 2.24) is 0 Å². The third-order valence-electron chi connectivity index (χ3n) is 8.83. The molecule has 0 aromatic rings. The van der Waals surface area contributed by atoms with Crippen molar-refractivity contribution in [3.8, 4) is 0 Å². The van der Waals surface area contributed by atoms with E-state index >= 15 is 0 Å². The van der Waals surface area contributed by atoms with E-state index in [2.05, 4.69) is 13.8 Å². The van der Waals surface area contributed by atoms with Gasteiger partial charge >= 0.3 is 0 Å². The summed E-state index contributed by atoms with van der Waals surface area (Å²) in [6.07, 6.45) is 25.8. The second-order valence-corrected chi connectivity index (χ2v) is 14.9. The smallest absolute Gasteiger partial charge is 0.266 e. The molecule has 0 bridgehead atoms. The third-order valence-corrected chi connectivity index (χ3v) is 9.39. The van der Waals surface area contributed by atoms with Crippen molar-refractivity contribution in [3.63, 3.8) is 0 Å². The number of ketones is 2. The summed E-state index contributed by atoms with van der Waals surface area (Å²) in [7, 11) is 0.0949. The van der Waals surface area contributed by atoms with Crippen molar-refractivity contribution in [2.75, 3.05) is 21.1 Å². The molecule has 3 atom stereocenters. The number of hydrogen-bond donors (Lipinski definition) is 1. The van der Waals surface area contributed by atoms with Crippen molar-refractivity contribution in [2.45, 2.75) is 193 Å². The molecule has 0 saturated carbocycles. The Balaban J connectivity index is 5.01. The summed E-state index contributed by atoms with van der Waals surface area (Å²) >= 11 is 0. The summed E-state index contributed by atoms with van der Waals surface area (Å²) in [5, 5.41) is 0. The topological polar surface area (TPSA) is 104 Å². The van der Waals surface area contributed by atoms with Crippen LogP contribution >= 0.6 is 7.82 Å². The molecule has 0 aromatic heterocycles. The van der Waals surface area contributed by atoms with Crippen molar-refractivity contribution in [3.05, 3.63) is 0 Å². The molecule has 3 unspecified atom stereocenters. The average Bonchev–Trinajstić information content (AvgIpc) is 2.92. The van der Waals surface area contributed by atoms with Gasteiger partial charge in [-0.1, -0.05) is 149 Å². The van der Waals surface area contributed by atoms with Crippen molar-refractivity contribution in [1.29, 1.82) is 0 Å². The molecule has 43 heavy (non-hydrogen) atoms. The first-order valence-corrected chi connectivity index (χ1v) is 19.5. The lowest BCUT2D eigenvalue weighted by Crippen LogP contribution is -2.66. The average molecular weight is 632 g/mol. The maximum Gasteiger partial charge on any atom is 0.266 e. The molecular formula is C35H70NO6P. The van der Waals surface area contributed by atoms with Crippen molar-refractivity contribution in [2.24, 2.45) is 0 Å². The highest BCUT2D eigenvalue weighted by molar-refractivity contribution is 7.44. The van der Waals surface area contributed by atoms with Gasteiger partial charge in [-0.25, -0.2) is 0 Å². The summed E-state index contributed by atoms with van der Waals surface area (Å²) in [6.45, 7) is 6.13. The van der Waals surface area contributed by atoms with Crippen LogP contribution in [0.15, 0.2) is 0 Å². The predicted molar refractivity (Wildman–Crippen MR) is 178 cm³/mol. The Kier molecular flexibility index (Phi) is 24.3. The van der Waals surface area contributed by atoms with E-state index in [1.165, 1.54) is 89.9 Å². The van der Waals surface area contributed by atoms with Crippen LogP contribution in [0.25, 0.3) is 0 Å². The Morgan fingerprint density at radius 3 is 1.28 bits per heavy atom. The Labute approximate surface area is 266 Å². The summed E-state index contributed by atoms with van der Waals surface area (Å²) < 4.78 is 17.4. The largest absolute Gasteiger partial charge is 0.756 e. The lowest BCUT2D eigenvalue weighted by molar-refractivity contribution is -0.892. The highest BCUT2D eigenvalue weighted by Gasteiger charge is 2.56. The molecule has 0 aliphatic carbocycles. The maximum absolute atomic E-state index is 13.7. The number of rotatable bonds is 31. The summed E-state index contributed by atoms with van der Waals surface area (Å²) in [6, 6.07) is -1.02. The number of carbonyl (C=O) groups is 2. The second kappa shape index (κ2) is 24.6. The van der Waals surface area contributed by atoms with Crippen LogP contribution < -0.4 is 4.89 Å². The number of phosphoric acid groups is 1. The van der Waals surface area contributed by atoms with E-state index in [-0.39, 0.29) is 29.5 Å². The zero-order valence-corrected chi connectivity index (χ0v) is 30.0. The molecule has 0 aliphatic rings. The molecule has 0 amide bonds. The summed E-state index contributed by atoms with van der Waals surface area (Å²) in [5.74, 6) is -0.576. The van der Waals surface area contributed by atoms with Crippen molar-refractivity contribution >= 4 is 19.4 Å². The van der Waals surface area contributed by atoms with Crippen LogP contribution in [0.5, 0.6) is 0 Å². The van der Waals surface area contributed by atoms with Crippen LogP contribution in [0, 0.1) is 0 Å². The van der Waals surface area contributed by atoms with Crippen LogP contribution in [-0.2, 0) is 18.7 Å². The molecule has 0 rings (SSSR count). The van der Waals surface area contributed by atoms with E-state index in [9.17, 15) is 23.9 Å². The van der Waals surface area contributed by atoms with Crippen LogP contribution in [0.3, 0.4) is 0 Å². The minimum absolute atomic E-state index is 0.000831. The molecule has 0 aliphatic heterocycles. The minimum atomic E-state index is -5.28. The lowest BCUT2D eigenvalue weighted by atomic mass is 9.79. The van der Waals surface area contributed by atoms with Gasteiger partial charge in [0.05, 0.1) is 21.1 Å². The van der Waals surface area contributed by atoms with Gasteiger partial charge in [-0.3, -0.25) is 18.7 Å². The first kappa shape index (κ1) is 42.4. The first-order valence-electron chi connectivity index (χ1n) is 18.0. The fraction of sp³-hybridized carbons (Fsp3) is 0.943. The number of carbonyl (C=O) groups excluding carboxylic acids is 2. The van der Waals surface area contributed by atoms with Gasteiger partial charge in [0.2, 0.25) is 0 Å². The first-order chi connectivity index (χ1) is 20.4. The van der Waals surface area contributed by atoms with Gasteiger partial charge < -0.3 is 14.3 Å². The fourth-order valence-electron chi connectivity index (χ4n) is 6.49. The number of unbranched alkanes of at least 4 members (excludes halogenated alkanes) is 20. The monoisotopic (exact) mass is 631 g/mol. The summed E-state index contributed by atoms with van der Waals surface area (Å²) in [4.78, 5) is 49.3. The fourth-order valence-corrected chi connectivity index (χ4v) is 7.24. The van der Waals surface area contributed by atoms with Gasteiger partial charge in [-0.15, -0.1) is 0 Å².